The van der Waals surface area contributed by atoms with Crippen LogP contribution in [-0.2, 0) is 9.47 Å². The van der Waals surface area contributed by atoms with E-state index in [0.29, 0.717) is 12.3 Å². The SMILES string of the molecule is C=C(CO[C@@H]1O[C@H](CO)[C@@H](O)[C@H](O)[C@H]1O)[C@@H]1CC[C@@]2(C)[C@H](O)CC=C(C)[C@@H]2C1. The monoisotopic (exact) mass is 398 g/mol. The Balaban J connectivity index is 1.58. The summed E-state index contributed by atoms with van der Waals surface area (Å²) < 4.78 is 11.0. The fourth-order valence-corrected chi connectivity index (χ4v) is 5.03. The summed E-state index contributed by atoms with van der Waals surface area (Å²) in [6.45, 7) is 8.13. The molecule has 1 saturated heterocycles. The van der Waals surface area contributed by atoms with Gasteiger partial charge in [-0.1, -0.05) is 25.2 Å². The van der Waals surface area contributed by atoms with E-state index in [1.54, 1.807) is 0 Å². The van der Waals surface area contributed by atoms with Gasteiger partial charge in [-0.2, -0.15) is 0 Å². The van der Waals surface area contributed by atoms with Crippen LogP contribution in [0.1, 0.15) is 39.5 Å². The van der Waals surface area contributed by atoms with Gasteiger partial charge in [-0.3, -0.25) is 0 Å². The van der Waals surface area contributed by atoms with E-state index >= 15 is 0 Å². The summed E-state index contributed by atoms with van der Waals surface area (Å²) in [7, 11) is 0. The largest absolute Gasteiger partial charge is 0.394 e. The normalized spacial score (nSPS) is 46.6. The maximum atomic E-state index is 10.5. The quantitative estimate of drug-likeness (QED) is 0.428. The Bertz CT molecular complexity index is 604. The minimum atomic E-state index is -1.45. The van der Waals surface area contributed by atoms with Crippen LogP contribution in [0.3, 0.4) is 0 Å². The molecule has 0 unspecified atom stereocenters. The van der Waals surface area contributed by atoms with Crippen molar-refractivity contribution in [1.82, 2.24) is 0 Å². The summed E-state index contributed by atoms with van der Waals surface area (Å²) in [5, 5.41) is 49.6. The van der Waals surface area contributed by atoms with E-state index in [1.807, 2.05) is 0 Å². The predicted molar refractivity (Wildman–Crippen MR) is 102 cm³/mol. The Morgan fingerprint density at radius 2 is 1.96 bits per heavy atom. The molecule has 1 saturated carbocycles. The summed E-state index contributed by atoms with van der Waals surface area (Å²) in [6, 6.07) is 0. The lowest BCUT2D eigenvalue weighted by Crippen LogP contribution is -2.59. The molecule has 1 heterocycles. The zero-order chi connectivity index (χ0) is 20.6. The molecule has 0 aromatic heterocycles. The van der Waals surface area contributed by atoms with E-state index < -0.39 is 37.3 Å². The van der Waals surface area contributed by atoms with Gasteiger partial charge in [0.2, 0.25) is 0 Å². The number of aliphatic hydroxyl groups excluding tert-OH is 5. The van der Waals surface area contributed by atoms with Gasteiger partial charge in [-0.05, 0) is 50.0 Å². The van der Waals surface area contributed by atoms with Gasteiger partial charge >= 0.3 is 0 Å². The first-order valence-electron chi connectivity index (χ1n) is 10.1. The molecule has 0 aromatic rings. The highest BCUT2D eigenvalue weighted by molar-refractivity contribution is 5.20. The molecule has 2 aliphatic carbocycles. The van der Waals surface area contributed by atoms with E-state index in [-0.39, 0.29) is 24.0 Å². The number of rotatable bonds is 5. The lowest BCUT2D eigenvalue weighted by atomic mass is 9.56. The predicted octanol–water partition coefficient (Wildman–Crippen LogP) is 0.493. The first kappa shape index (κ1) is 21.9. The molecule has 9 atom stereocenters. The van der Waals surface area contributed by atoms with Gasteiger partial charge in [-0.15, -0.1) is 0 Å². The zero-order valence-corrected chi connectivity index (χ0v) is 16.7. The van der Waals surface area contributed by atoms with Crippen LogP contribution in [0.5, 0.6) is 0 Å². The van der Waals surface area contributed by atoms with E-state index in [0.717, 1.165) is 24.8 Å². The summed E-state index contributed by atoms with van der Waals surface area (Å²) >= 11 is 0. The van der Waals surface area contributed by atoms with Crippen molar-refractivity contribution >= 4 is 0 Å². The minimum absolute atomic E-state index is 0.103. The Morgan fingerprint density at radius 3 is 2.64 bits per heavy atom. The summed E-state index contributed by atoms with van der Waals surface area (Å²) in [5.74, 6) is 0.538. The van der Waals surface area contributed by atoms with Crippen molar-refractivity contribution in [2.75, 3.05) is 13.2 Å². The molecule has 7 nitrogen and oxygen atoms in total. The van der Waals surface area contributed by atoms with Crippen molar-refractivity contribution in [2.45, 2.75) is 76.3 Å². The summed E-state index contributed by atoms with van der Waals surface area (Å²) in [5.41, 5.74) is 2.10. The lowest BCUT2D eigenvalue weighted by Gasteiger charge is -2.50. The van der Waals surface area contributed by atoms with Crippen molar-refractivity contribution < 1.29 is 35.0 Å². The Morgan fingerprint density at radius 1 is 1.25 bits per heavy atom. The van der Waals surface area contributed by atoms with Crippen LogP contribution >= 0.6 is 0 Å². The molecule has 0 amide bonds. The smallest absolute Gasteiger partial charge is 0.187 e. The lowest BCUT2D eigenvalue weighted by molar-refractivity contribution is -0.299. The number of hydrogen-bond donors (Lipinski definition) is 5. The average molecular weight is 398 g/mol. The van der Waals surface area contributed by atoms with E-state index in [4.69, 9.17) is 9.47 Å². The highest BCUT2D eigenvalue weighted by atomic mass is 16.7. The molecular weight excluding hydrogens is 364 g/mol. The molecule has 5 N–H and O–H groups in total. The highest BCUT2D eigenvalue weighted by Crippen LogP contribution is 2.53. The second-order valence-corrected chi connectivity index (χ2v) is 8.90. The molecule has 3 aliphatic rings. The van der Waals surface area contributed by atoms with Crippen LogP contribution in [-0.4, -0.2) is 75.6 Å². The standard InChI is InChI=1S/C21H34O7/c1-11-4-5-16(23)21(3)7-6-13(8-14(11)21)12(2)10-27-20-19(26)18(25)17(24)15(9-22)28-20/h4,13-20,22-26H,2,5-10H2,1,3H3/t13-,14+,15-,16-,17-,18+,19-,20-,21-/m1/s1. The van der Waals surface area contributed by atoms with Crippen molar-refractivity contribution in [3.05, 3.63) is 23.8 Å². The van der Waals surface area contributed by atoms with E-state index in [1.165, 1.54) is 5.57 Å². The minimum Gasteiger partial charge on any atom is -0.394 e. The van der Waals surface area contributed by atoms with Gasteiger partial charge in [0.05, 0.1) is 19.3 Å². The van der Waals surface area contributed by atoms with Crippen LogP contribution < -0.4 is 0 Å². The third kappa shape index (κ3) is 3.94. The van der Waals surface area contributed by atoms with Gasteiger partial charge in [0, 0.05) is 5.41 Å². The number of hydrogen-bond acceptors (Lipinski definition) is 7. The Hall–Kier alpha value is -0.800. The zero-order valence-electron chi connectivity index (χ0n) is 16.7. The average Bonchev–Trinajstić information content (AvgIpc) is 2.68. The second kappa shape index (κ2) is 8.52. The maximum Gasteiger partial charge on any atom is 0.187 e. The molecule has 2 fully saturated rings. The molecule has 28 heavy (non-hydrogen) atoms. The molecular formula is C21H34O7. The van der Waals surface area contributed by atoms with Gasteiger partial charge in [0.15, 0.2) is 6.29 Å². The first-order chi connectivity index (χ1) is 13.2. The number of fused-ring (bicyclic) bond motifs is 1. The third-order valence-electron chi connectivity index (χ3n) is 7.18. The van der Waals surface area contributed by atoms with Crippen LogP contribution in [0.15, 0.2) is 23.8 Å². The molecule has 7 heteroatoms. The highest BCUT2D eigenvalue weighted by Gasteiger charge is 2.48. The van der Waals surface area contributed by atoms with Crippen LogP contribution in [0, 0.1) is 17.3 Å². The van der Waals surface area contributed by atoms with E-state index in [2.05, 4.69) is 26.5 Å². The van der Waals surface area contributed by atoms with Gasteiger partial charge in [0.1, 0.15) is 24.4 Å². The van der Waals surface area contributed by atoms with Crippen molar-refractivity contribution in [2.24, 2.45) is 17.3 Å². The van der Waals surface area contributed by atoms with Crippen molar-refractivity contribution in [3.63, 3.8) is 0 Å². The van der Waals surface area contributed by atoms with Crippen molar-refractivity contribution in [3.8, 4) is 0 Å². The molecule has 0 radical (unpaired) electrons. The fourth-order valence-electron chi connectivity index (χ4n) is 5.03. The molecule has 0 spiro atoms. The fraction of sp³-hybridized carbons (Fsp3) is 0.810. The summed E-state index contributed by atoms with van der Waals surface area (Å²) in [4.78, 5) is 0. The van der Waals surface area contributed by atoms with Gasteiger partial charge < -0.3 is 35.0 Å². The maximum absolute atomic E-state index is 10.5. The molecule has 3 rings (SSSR count). The molecule has 0 aromatic carbocycles. The Labute approximate surface area is 166 Å². The van der Waals surface area contributed by atoms with Crippen molar-refractivity contribution in [1.29, 1.82) is 0 Å². The van der Waals surface area contributed by atoms with Crippen LogP contribution in [0.25, 0.3) is 0 Å². The topological polar surface area (TPSA) is 120 Å². The third-order valence-corrected chi connectivity index (χ3v) is 7.18. The number of ether oxygens (including phenoxy) is 2. The van der Waals surface area contributed by atoms with Gasteiger partial charge in [-0.25, -0.2) is 0 Å². The second-order valence-electron chi connectivity index (χ2n) is 8.90. The number of allylic oxidation sites excluding steroid dienone is 1. The molecule has 0 bridgehead atoms. The number of aliphatic hydroxyl groups is 5. The molecule has 1 aliphatic heterocycles. The van der Waals surface area contributed by atoms with Crippen LogP contribution in [0.4, 0.5) is 0 Å². The first-order valence-corrected chi connectivity index (χ1v) is 10.1. The molecule has 160 valence electrons. The van der Waals surface area contributed by atoms with Gasteiger partial charge in [0.25, 0.3) is 0 Å². The van der Waals surface area contributed by atoms with Crippen LogP contribution in [0.2, 0.25) is 0 Å². The van der Waals surface area contributed by atoms with E-state index in [9.17, 15) is 25.5 Å². The summed E-state index contributed by atoms with van der Waals surface area (Å²) in [6.07, 6.45) is -1.13. The Kier molecular flexibility index (Phi) is 6.66.